The van der Waals surface area contributed by atoms with Gasteiger partial charge in [0, 0.05) is 15.8 Å². The van der Waals surface area contributed by atoms with Crippen molar-refractivity contribution in [3.05, 3.63) is 31.5 Å². The molecule has 0 radical (unpaired) electrons. The molecule has 0 saturated heterocycles. The Bertz CT molecular complexity index is 734. The van der Waals surface area contributed by atoms with Crippen molar-refractivity contribution in [3.8, 4) is 0 Å². The quantitative estimate of drug-likeness (QED) is 0.911. The molecule has 110 valence electrons. The minimum atomic E-state index is -3.60. The normalized spacial score (nSPS) is 13.7. The highest BCUT2D eigenvalue weighted by Crippen LogP contribution is 2.30. The molecule has 20 heavy (non-hydrogen) atoms. The standard InChI is InChI=1S/C12H15ClN2O2S3/c1-6-5-10(9(4)18-6)7(2)15-20(16,17)11-8(3)14-12(13)19-11/h5,7,15H,1-4H3. The molecule has 1 atom stereocenters. The highest BCUT2D eigenvalue weighted by molar-refractivity contribution is 7.91. The van der Waals surface area contributed by atoms with E-state index in [0.717, 1.165) is 21.8 Å². The van der Waals surface area contributed by atoms with Gasteiger partial charge in [0.2, 0.25) is 0 Å². The van der Waals surface area contributed by atoms with Crippen LogP contribution in [-0.2, 0) is 10.0 Å². The number of thiophene rings is 1. The van der Waals surface area contributed by atoms with E-state index in [-0.39, 0.29) is 14.7 Å². The van der Waals surface area contributed by atoms with Crippen LogP contribution in [0.15, 0.2) is 10.3 Å². The minimum absolute atomic E-state index is 0.180. The van der Waals surface area contributed by atoms with Crippen LogP contribution in [0.5, 0.6) is 0 Å². The molecule has 2 heterocycles. The first-order valence-electron chi connectivity index (χ1n) is 5.93. The average Bonchev–Trinajstić information content (AvgIpc) is 2.81. The van der Waals surface area contributed by atoms with Gasteiger partial charge in [-0.25, -0.2) is 18.1 Å². The highest BCUT2D eigenvalue weighted by Gasteiger charge is 2.25. The molecule has 2 aromatic heterocycles. The predicted molar refractivity (Wildman–Crippen MR) is 84.4 cm³/mol. The topological polar surface area (TPSA) is 59.1 Å². The molecule has 0 aliphatic carbocycles. The summed E-state index contributed by atoms with van der Waals surface area (Å²) >= 11 is 8.41. The number of rotatable bonds is 4. The van der Waals surface area contributed by atoms with E-state index in [1.807, 2.05) is 26.8 Å². The predicted octanol–water partition coefficient (Wildman–Crippen LogP) is 3.82. The lowest BCUT2D eigenvalue weighted by Crippen LogP contribution is -2.26. The summed E-state index contributed by atoms with van der Waals surface area (Å²) in [4.78, 5) is 6.24. The zero-order chi connectivity index (χ0) is 15.1. The first kappa shape index (κ1) is 15.9. The van der Waals surface area contributed by atoms with Crippen molar-refractivity contribution in [3.63, 3.8) is 0 Å². The van der Waals surface area contributed by atoms with Gasteiger partial charge in [0.15, 0.2) is 8.68 Å². The van der Waals surface area contributed by atoms with Crippen molar-refractivity contribution >= 4 is 44.3 Å². The lowest BCUT2D eigenvalue weighted by molar-refractivity contribution is 0.568. The molecule has 0 aliphatic heterocycles. The number of sulfonamides is 1. The maximum absolute atomic E-state index is 12.4. The first-order chi connectivity index (χ1) is 9.20. The van der Waals surface area contributed by atoms with Gasteiger partial charge in [0.05, 0.1) is 5.69 Å². The molecule has 0 bridgehead atoms. The zero-order valence-electron chi connectivity index (χ0n) is 11.5. The molecule has 2 aromatic rings. The number of hydrogen-bond donors (Lipinski definition) is 1. The van der Waals surface area contributed by atoms with Crippen molar-refractivity contribution in [1.29, 1.82) is 0 Å². The molecular formula is C12H15ClN2O2S3. The molecule has 1 unspecified atom stereocenters. The van der Waals surface area contributed by atoms with Crippen LogP contribution in [0.4, 0.5) is 0 Å². The Kier molecular flexibility index (Phi) is 4.56. The Labute approximate surface area is 131 Å². The molecule has 8 heteroatoms. The van der Waals surface area contributed by atoms with E-state index in [4.69, 9.17) is 11.6 Å². The summed E-state index contributed by atoms with van der Waals surface area (Å²) in [6.07, 6.45) is 0. The van der Waals surface area contributed by atoms with Gasteiger partial charge < -0.3 is 0 Å². The van der Waals surface area contributed by atoms with Gasteiger partial charge in [-0.1, -0.05) is 22.9 Å². The number of nitrogens with zero attached hydrogens (tertiary/aromatic N) is 1. The lowest BCUT2D eigenvalue weighted by Gasteiger charge is -2.13. The van der Waals surface area contributed by atoms with E-state index < -0.39 is 10.0 Å². The summed E-state index contributed by atoms with van der Waals surface area (Å²) in [7, 11) is -3.60. The van der Waals surface area contributed by atoms with Crippen LogP contribution in [0.25, 0.3) is 0 Å². The van der Waals surface area contributed by atoms with Crippen LogP contribution in [0.2, 0.25) is 4.47 Å². The van der Waals surface area contributed by atoms with Crippen molar-refractivity contribution < 1.29 is 8.42 Å². The second-order valence-corrected chi connectivity index (χ2v) is 9.50. The fourth-order valence-corrected chi connectivity index (χ4v) is 6.03. The van der Waals surface area contributed by atoms with E-state index in [1.165, 1.54) is 4.88 Å². The van der Waals surface area contributed by atoms with E-state index in [0.29, 0.717) is 5.69 Å². The van der Waals surface area contributed by atoms with Crippen LogP contribution < -0.4 is 4.72 Å². The average molecular weight is 351 g/mol. The summed E-state index contributed by atoms with van der Waals surface area (Å²) in [6.45, 7) is 7.48. The molecule has 0 spiro atoms. The van der Waals surface area contributed by atoms with Crippen LogP contribution in [0.3, 0.4) is 0 Å². The summed E-state index contributed by atoms with van der Waals surface area (Å²) in [6, 6.07) is 1.73. The molecule has 2 rings (SSSR count). The molecule has 0 aromatic carbocycles. The fraction of sp³-hybridized carbons (Fsp3) is 0.417. The Morgan fingerprint density at radius 3 is 2.40 bits per heavy atom. The summed E-state index contributed by atoms with van der Waals surface area (Å²) < 4.78 is 27.8. The summed E-state index contributed by atoms with van der Waals surface area (Å²) in [5, 5.41) is 0. The third kappa shape index (κ3) is 3.23. The highest BCUT2D eigenvalue weighted by atomic mass is 35.5. The van der Waals surface area contributed by atoms with Crippen LogP contribution in [0.1, 0.15) is 34.0 Å². The molecule has 0 amide bonds. The SMILES string of the molecule is Cc1cc(C(C)NS(=O)(=O)c2sc(Cl)nc2C)c(C)s1. The number of aryl methyl sites for hydroxylation is 3. The van der Waals surface area contributed by atoms with E-state index in [9.17, 15) is 8.42 Å². The Balaban J connectivity index is 2.29. The van der Waals surface area contributed by atoms with E-state index in [2.05, 4.69) is 9.71 Å². The van der Waals surface area contributed by atoms with Crippen molar-refractivity contribution in [2.45, 2.75) is 37.9 Å². The van der Waals surface area contributed by atoms with Crippen molar-refractivity contribution in [1.82, 2.24) is 9.71 Å². The fourth-order valence-electron chi connectivity index (χ4n) is 2.03. The van der Waals surface area contributed by atoms with Gasteiger partial charge >= 0.3 is 0 Å². The Morgan fingerprint density at radius 2 is 1.95 bits per heavy atom. The van der Waals surface area contributed by atoms with Crippen LogP contribution >= 0.6 is 34.3 Å². The molecule has 0 fully saturated rings. The molecule has 0 saturated carbocycles. The largest absolute Gasteiger partial charge is 0.252 e. The maximum Gasteiger partial charge on any atom is 0.252 e. The Hall–Kier alpha value is -0.470. The van der Waals surface area contributed by atoms with Gasteiger partial charge in [-0.2, -0.15) is 0 Å². The maximum atomic E-state index is 12.4. The van der Waals surface area contributed by atoms with E-state index in [1.54, 1.807) is 18.3 Å². The Morgan fingerprint density at radius 1 is 1.30 bits per heavy atom. The lowest BCUT2D eigenvalue weighted by atomic mass is 10.1. The van der Waals surface area contributed by atoms with Gasteiger partial charge in [-0.15, -0.1) is 11.3 Å². The molecule has 4 nitrogen and oxygen atoms in total. The number of halogens is 1. The molecule has 1 N–H and O–H groups in total. The third-order valence-electron chi connectivity index (χ3n) is 2.85. The van der Waals surface area contributed by atoms with Crippen molar-refractivity contribution in [2.24, 2.45) is 0 Å². The second-order valence-electron chi connectivity index (χ2n) is 4.55. The third-order valence-corrected chi connectivity index (χ3v) is 7.24. The van der Waals surface area contributed by atoms with Crippen LogP contribution in [-0.4, -0.2) is 13.4 Å². The summed E-state index contributed by atoms with van der Waals surface area (Å²) in [5.41, 5.74) is 1.43. The zero-order valence-corrected chi connectivity index (χ0v) is 14.7. The number of aromatic nitrogens is 1. The van der Waals surface area contributed by atoms with Crippen LogP contribution in [0, 0.1) is 20.8 Å². The van der Waals surface area contributed by atoms with Gasteiger partial charge in [-0.05, 0) is 39.3 Å². The first-order valence-corrected chi connectivity index (χ1v) is 9.42. The minimum Gasteiger partial charge on any atom is -0.229 e. The molecular weight excluding hydrogens is 336 g/mol. The second kappa shape index (κ2) is 5.73. The van der Waals surface area contributed by atoms with Gasteiger partial charge in [0.25, 0.3) is 10.0 Å². The van der Waals surface area contributed by atoms with E-state index >= 15 is 0 Å². The summed E-state index contributed by atoms with van der Waals surface area (Å²) in [5.74, 6) is 0. The van der Waals surface area contributed by atoms with Gasteiger partial charge in [0.1, 0.15) is 0 Å². The number of nitrogens with one attached hydrogen (secondary N) is 1. The monoisotopic (exact) mass is 350 g/mol. The molecule has 0 aliphatic rings. The van der Waals surface area contributed by atoms with Gasteiger partial charge in [-0.3, -0.25) is 0 Å². The number of thiazole rings is 1. The number of hydrogen-bond acceptors (Lipinski definition) is 5. The van der Waals surface area contributed by atoms with Crippen molar-refractivity contribution in [2.75, 3.05) is 0 Å². The smallest absolute Gasteiger partial charge is 0.229 e.